The number of hydrogen-bond acceptors (Lipinski definition) is 4. The molecule has 0 spiro atoms. The van der Waals surface area contributed by atoms with Gasteiger partial charge in [0, 0.05) is 5.56 Å². The average molecular weight is 296 g/mol. The van der Waals surface area contributed by atoms with Crippen molar-refractivity contribution in [3.05, 3.63) is 65.9 Å². The Labute approximate surface area is 127 Å². The first-order valence-corrected chi connectivity index (χ1v) is 6.97. The maximum Gasteiger partial charge on any atom is 0.287 e. The van der Waals surface area contributed by atoms with Crippen molar-refractivity contribution in [3.8, 4) is 5.69 Å². The number of rotatable bonds is 4. The van der Waals surface area contributed by atoms with E-state index >= 15 is 0 Å². The van der Waals surface area contributed by atoms with E-state index in [0.29, 0.717) is 5.76 Å². The average Bonchev–Trinajstić information content (AvgIpc) is 3.18. The van der Waals surface area contributed by atoms with Crippen LogP contribution in [-0.4, -0.2) is 20.9 Å². The zero-order chi connectivity index (χ0) is 15.5. The molecule has 1 atom stereocenters. The molecule has 6 heteroatoms. The Morgan fingerprint density at radius 2 is 2.05 bits per heavy atom. The van der Waals surface area contributed by atoms with Crippen molar-refractivity contribution in [2.24, 2.45) is 0 Å². The van der Waals surface area contributed by atoms with Crippen LogP contribution in [0.25, 0.3) is 5.69 Å². The summed E-state index contributed by atoms with van der Waals surface area (Å²) in [5, 5.41) is 10.6. The van der Waals surface area contributed by atoms with Crippen molar-refractivity contribution in [2.45, 2.75) is 19.9 Å². The van der Waals surface area contributed by atoms with Gasteiger partial charge in [-0.3, -0.25) is 4.79 Å². The smallest absolute Gasteiger partial charge is 0.287 e. The zero-order valence-electron chi connectivity index (χ0n) is 12.4. The molecule has 0 radical (unpaired) electrons. The van der Waals surface area contributed by atoms with Gasteiger partial charge >= 0.3 is 0 Å². The normalized spacial score (nSPS) is 12.1. The van der Waals surface area contributed by atoms with Crippen molar-refractivity contribution < 1.29 is 9.21 Å². The lowest BCUT2D eigenvalue weighted by Gasteiger charge is -2.14. The molecule has 22 heavy (non-hydrogen) atoms. The van der Waals surface area contributed by atoms with Crippen molar-refractivity contribution in [1.29, 1.82) is 0 Å². The zero-order valence-corrected chi connectivity index (χ0v) is 12.4. The number of nitrogens with one attached hydrogen (secondary N) is 1. The lowest BCUT2D eigenvalue weighted by molar-refractivity contribution is 0.0911. The number of carbonyl (C=O) groups excluding carboxylic acids is 1. The van der Waals surface area contributed by atoms with E-state index in [0.717, 1.165) is 16.8 Å². The SMILES string of the molecule is Cc1ccoc1C(=O)N[C@@H](C)c1ccc(-n2ccnn2)cc1. The van der Waals surface area contributed by atoms with Crippen molar-refractivity contribution in [1.82, 2.24) is 20.3 Å². The van der Waals surface area contributed by atoms with Gasteiger partial charge in [-0.2, -0.15) is 0 Å². The van der Waals surface area contributed by atoms with E-state index < -0.39 is 0 Å². The van der Waals surface area contributed by atoms with Crippen LogP contribution in [0, 0.1) is 6.92 Å². The van der Waals surface area contributed by atoms with Gasteiger partial charge in [0.05, 0.1) is 30.4 Å². The predicted octanol–water partition coefficient (Wildman–Crippen LogP) is 2.66. The van der Waals surface area contributed by atoms with Crippen LogP contribution in [-0.2, 0) is 0 Å². The van der Waals surface area contributed by atoms with Crippen molar-refractivity contribution in [3.63, 3.8) is 0 Å². The second kappa shape index (κ2) is 5.85. The van der Waals surface area contributed by atoms with E-state index in [9.17, 15) is 4.79 Å². The minimum atomic E-state index is -0.213. The van der Waals surface area contributed by atoms with Gasteiger partial charge in [-0.05, 0) is 37.6 Å². The molecule has 0 aliphatic heterocycles. The highest BCUT2D eigenvalue weighted by atomic mass is 16.3. The van der Waals surface area contributed by atoms with Gasteiger partial charge in [-0.25, -0.2) is 4.68 Å². The van der Waals surface area contributed by atoms with Crippen LogP contribution in [0.1, 0.15) is 34.6 Å². The number of carbonyl (C=O) groups is 1. The van der Waals surface area contributed by atoms with E-state index in [2.05, 4.69) is 15.6 Å². The van der Waals surface area contributed by atoms with Gasteiger partial charge < -0.3 is 9.73 Å². The minimum absolute atomic E-state index is 0.123. The summed E-state index contributed by atoms with van der Waals surface area (Å²) < 4.78 is 6.88. The summed E-state index contributed by atoms with van der Waals surface area (Å²) in [6.07, 6.45) is 4.92. The molecular weight excluding hydrogens is 280 g/mol. The van der Waals surface area contributed by atoms with Crippen LogP contribution in [0.5, 0.6) is 0 Å². The number of furan rings is 1. The Hall–Kier alpha value is -2.89. The number of benzene rings is 1. The molecule has 0 unspecified atom stereocenters. The van der Waals surface area contributed by atoms with Crippen LogP contribution < -0.4 is 5.32 Å². The molecule has 6 nitrogen and oxygen atoms in total. The molecule has 1 N–H and O–H groups in total. The van der Waals surface area contributed by atoms with E-state index in [1.54, 1.807) is 23.1 Å². The van der Waals surface area contributed by atoms with E-state index in [1.807, 2.05) is 38.1 Å². The number of amides is 1. The molecule has 3 rings (SSSR count). The molecule has 0 saturated heterocycles. The summed E-state index contributed by atoms with van der Waals surface area (Å²) in [4.78, 5) is 12.1. The number of aromatic nitrogens is 3. The summed E-state index contributed by atoms with van der Waals surface area (Å²) in [6.45, 7) is 3.77. The first kappa shape index (κ1) is 14.1. The summed E-state index contributed by atoms with van der Waals surface area (Å²) in [5.41, 5.74) is 2.74. The van der Waals surface area contributed by atoms with Gasteiger partial charge in [0.25, 0.3) is 5.91 Å². The summed E-state index contributed by atoms with van der Waals surface area (Å²) in [5.74, 6) is 0.140. The summed E-state index contributed by atoms with van der Waals surface area (Å²) in [6, 6.07) is 9.43. The van der Waals surface area contributed by atoms with E-state index in [4.69, 9.17) is 4.42 Å². The molecule has 2 aromatic heterocycles. The number of nitrogens with zero attached hydrogens (tertiary/aromatic N) is 3. The van der Waals surface area contributed by atoms with Gasteiger partial charge in [-0.1, -0.05) is 17.3 Å². The first-order valence-electron chi connectivity index (χ1n) is 6.97. The third-order valence-corrected chi connectivity index (χ3v) is 3.50. The fourth-order valence-electron chi connectivity index (χ4n) is 2.21. The third kappa shape index (κ3) is 2.76. The summed E-state index contributed by atoms with van der Waals surface area (Å²) >= 11 is 0. The van der Waals surface area contributed by atoms with E-state index in [1.165, 1.54) is 6.26 Å². The molecule has 0 saturated carbocycles. The minimum Gasteiger partial charge on any atom is -0.459 e. The Bertz CT molecular complexity index is 760. The van der Waals surface area contributed by atoms with Gasteiger partial charge in [0.15, 0.2) is 5.76 Å². The van der Waals surface area contributed by atoms with Crippen molar-refractivity contribution in [2.75, 3.05) is 0 Å². The molecule has 0 aliphatic carbocycles. The quantitative estimate of drug-likeness (QED) is 0.803. The molecule has 0 fully saturated rings. The summed E-state index contributed by atoms with van der Waals surface area (Å²) in [7, 11) is 0. The Kier molecular flexibility index (Phi) is 3.74. The topological polar surface area (TPSA) is 73.0 Å². The van der Waals surface area contributed by atoms with Gasteiger partial charge in [0.2, 0.25) is 0 Å². The van der Waals surface area contributed by atoms with Crippen LogP contribution in [0.4, 0.5) is 0 Å². The maximum absolute atomic E-state index is 12.1. The Morgan fingerprint density at radius 3 is 2.64 bits per heavy atom. The van der Waals surface area contributed by atoms with Crippen molar-refractivity contribution >= 4 is 5.91 Å². The van der Waals surface area contributed by atoms with Crippen LogP contribution in [0.2, 0.25) is 0 Å². The lowest BCUT2D eigenvalue weighted by Crippen LogP contribution is -2.26. The highest BCUT2D eigenvalue weighted by Gasteiger charge is 2.16. The second-order valence-corrected chi connectivity index (χ2v) is 5.07. The highest BCUT2D eigenvalue weighted by molar-refractivity contribution is 5.93. The molecule has 1 amide bonds. The number of aryl methyl sites for hydroxylation is 1. The monoisotopic (exact) mass is 296 g/mol. The van der Waals surface area contributed by atoms with Gasteiger partial charge in [0.1, 0.15) is 0 Å². The molecule has 3 aromatic rings. The second-order valence-electron chi connectivity index (χ2n) is 5.07. The predicted molar refractivity (Wildman–Crippen MR) is 80.7 cm³/mol. The lowest BCUT2D eigenvalue weighted by atomic mass is 10.1. The molecule has 112 valence electrons. The molecule has 1 aromatic carbocycles. The fourth-order valence-corrected chi connectivity index (χ4v) is 2.21. The Morgan fingerprint density at radius 1 is 1.27 bits per heavy atom. The molecule has 2 heterocycles. The van der Waals surface area contributed by atoms with Crippen LogP contribution in [0.3, 0.4) is 0 Å². The Balaban J connectivity index is 1.71. The fraction of sp³-hybridized carbons (Fsp3) is 0.188. The van der Waals surface area contributed by atoms with Crippen LogP contribution >= 0.6 is 0 Å². The van der Waals surface area contributed by atoms with Gasteiger partial charge in [-0.15, -0.1) is 5.10 Å². The standard InChI is InChI=1S/C16H16N4O2/c1-11-7-10-22-15(11)16(21)18-12(2)13-3-5-14(6-4-13)20-9-8-17-19-20/h3-10,12H,1-2H3,(H,18,21)/t12-/m0/s1. The van der Waals surface area contributed by atoms with Crippen LogP contribution in [0.15, 0.2) is 53.4 Å². The maximum atomic E-state index is 12.1. The van der Waals surface area contributed by atoms with E-state index in [-0.39, 0.29) is 11.9 Å². The first-order chi connectivity index (χ1) is 10.6. The third-order valence-electron chi connectivity index (χ3n) is 3.50. The molecule has 0 bridgehead atoms. The molecular formula is C16H16N4O2. The molecule has 0 aliphatic rings. The highest BCUT2D eigenvalue weighted by Crippen LogP contribution is 2.17. The number of hydrogen-bond donors (Lipinski definition) is 1. The largest absolute Gasteiger partial charge is 0.459 e.